The molecule has 0 radical (unpaired) electrons. The molecular weight excluding hydrogens is 405 g/mol. The Morgan fingerprint density at radius 2 is 1.87 bits per heavy atom. The van der Waals surface area contributed by atoms with Crippen LogP contribution in [0.4, 0.5) is 13.2 Å². The number of pyridine rings is 1. The molecule has 30 heavy (non-hydrogen) atoms. The largest absolute Gasteiger partial charge is 0.545 e. The van der Waals surface area contributed by atoms with Crippen molar-refractivity contribution in [3.05, 3.63) is 87.2 Å². The summed E-state index contributed by atoms with van der Waals surface area (Å²) in [7, 11) is 0. The number of aryl methyl sites for hydroxylation is 1. The van der Waals surface area contributed by atoms with Crippen LogP contribution in [0.25, 0.3) is 5.69 Å². The summed E-state index contributed by atoms with van der Waals surface area (Å²) in [6.45, 7) is 1.18. The third-order valence-electron chi connectivity index (χ3n) is 4.33. The van der Waals surface area contributed by atoms with Crippen molar-refractivity contribution >= 4 is 11.9 Å². The van der Waals surface area contributed by atoms with Crippen LogP contribution in [0.3, 0.4) is 0 Å². The van der Waals surface area contributed by atoms with Crippen molar-refractivity contribution in [1.29, 1.82) is 0 Å². The van der Waals surface area contributed by atoms with Gasteiger partial charge < -0.3 is 19.6 Å². The third-order valence-corrected chi connectivity index (χ3v) is 4.33. The zero-order chi connectivity index (χ0) is 22.1. The van der Waals surface area contributed by atoms with Crippen LogP contribution in [-0.2, 0) is 12.7 Å². The summed E-state index contributed by atoms with van der Waals surface area (Å²) in [6.07, 6.45) is -3.48. The second-order valence-electron chi connectivity index (χ2n) is 6.30. The van der Waals surface area contributed by atoms with Crippen molar-refractivity contribution in [2.45, 2.75) is 19.6 Å². The number of amides is 1. The highest BCUT2D eigenvalue weighted by Gasteiger charge is 2.30. The molecule has 156 valence electrons. The van der Waals surface area contributed by atoms with Crippen molar-refractivity contribution in [1.82, 2.24) is 9.88 Å². The molecule has 1 aromatic carbocycles. The Hall–Kier alpha value is -3.82. The number of carboxylic acids is 1. The first-order valence-corrected chi connectivity index (χ1v) is 8.56. The fourth-order valence-electron chi connectivity index (χ4n) is 2.86. The molecule has 10 heteroatoms. The summed E-state index contributed by atoms with van der Waals surface area (Å²) < 4.78 is 45.0. The predicted molar refractivity (Wildman–Crippen MR) is 96.0 cm³/mol. The minimum atomic E-state index is -4.59. The van der Waals surface area contributed by atoms with E-state index < -0.39 is 29.2 Å². The second-order valence-corrected chi connectivity index (χ2v) is 6.30. The highest BCUT2D eigenvalue weighted by Crippen LogP contribution is 2.30. The summed E-state index contributed by atoms with van der Waals surface area (Å²) in [5, 5.41) is 13.3. The molecule has 0 aliphatic heterocycles. The van der Waals surface area contributed by atoms with Gasteiger partial charge in [-0.05, 0) is 43.3 Å². The molecule has 1 N–H and O–H groups in total. The molecule has 2 heterocycles. The minimum Gasteiger partial charge on any atom is -0.545 e. The van der Waals surface area contributed by atoms with E-state index in [-0.39, 0.29) is 29.1 Å². The number of nitrogens with zero attached hydrogens (tertiary/aromatic N) is 1. The molecule has 0 spiro atoms. The molecule has 7 nitrogen and oxygen atoms in total. The molecule has 0 aliphatic rings. The molecule has 2 aromatic heterocycles. The number of furan rings is 1. The maximum atomic E-state index is 13.0. The average molecular weight is 419 g/mol. The van der Waals surface area contributed by atoms with Gasteiger partial charge in [0.15, 0.2) is 0 Å². The van der Waals surface area contributed by atoms with Crippen molar-refractivity contribution < 1.29 is 32.3 Å². The number of alkyl halides is 3. The first-order valence-electron chi connectivity index (χ1n) is 8.56. The van der Waals surface area contributed by atoms with Crippen LogP contribution in [0, 0.1) is 6.92 Å². The number of hydrogen-bond donors (Lipinski definition) is 1. The highest BCUT2D eigenvalue weighted by atomic mass is 19.4. The molecule has 0 unspecified atom stereocenters. The zero-order valence-electron chi connectivity index (χ0n) is 15.4. The van der Waals surface area contributed by atoms with Gasteiger partial charge in [0.25, 0.3) is 11.5 Å². The number of rotatable bonds is 5. The van der Waals surface area contributed by atoms with Crippen LogP contribution >= 0.6 is 0 Å². The number of carboxylic acid groups (broad SMARTS) is 1. The molecule has 3 aromatic rings. The van der Waals surface area contributed by atoms with Gasteiger partial charge in [-0.15, -0.1) is 0 Å². The van der Waals surface area contributed by atoms with Gasteiger partial charge in [-0.1, -0.05) is 6.07 Å². The van der Waals surface area contributed by atoms with Crippen molar-refractivity contribution in [3.63, 3.8) is 0 Å². The van der Waals surface area contributed by atoms with Gasteiger partial charge in [-0.25, -0.2) is 0 Å². The first-order chi connectivity index (χ1) is 14.1. The molecule has 0 fully saturated rings. The summed E-state index contributed by atoms with van der Waals surface area (Å²) in [5.74, 6) is -2.41. The smallest absolute Gasteiger partial charge is 0.416 e. The number of carbonyl (C=O) groups is 2. The Balaban J connectivity index is 1.93. The number of hydrogen-bond acceptors (Lipinski definition) is 5. The molecule has 0 aliphatic carbocycles. The Bertz CT molecular complexity index is 1180. The lowest BCUT2D eigenvalue weighted by Crippen LogP contribution is -2.33. The van der Waals surface area contributed by atoms with Crippen LogP contribution in [0.1, 0.15) is 37.7 Å². The van der Waals surface area contributed by atoms with Crippen LogP contribution < -0.4 is 16.0 Å². The fraction of sp³-hybridized carbons (Fsp3) is 0.150. The van der Waals surface area contributed by atoms with E-state index in [0.29, 0.717) is 5.69 Å². The molecule has 3 rings (SSSR count). The van der Waals surface area contributed by atoms with E-state index in [9.17, 15) is 32.7 Å². The van der Waals surface area contributed by atoms with Crippen LogP contribution in [0.15, 0.2) is 57.9 Å². The van der Waals surface area contributed by atoms with Crippen LogP contribution in [0.5, 0.6) is 0 Å². The number of aromatic carboxylic acids is 1. The quantitative estimate of drug-likeness (QED) is 0.682. The molecule has 0 saturated heterocycles. The monoisotopic (exact) mass is 419 g/mol. The van der Waals surface area contributed by atoms with E-state index in [4.69, 9.17) is 4.42 Å². The van der Waals surface area contributed by atoms with E-state index in [2.05, 4.69) is 5.32 Å². The maximum Gasteiger partial charge on any atom is 0.416 e. The lowest BCUT2D eigenvalue weighted by Gasteiger charge is -2.14. The summed E-state index contributed by atoms with van der Waals surface area (Å²) in [4.78, 5) is 36.2. The maximum absolute atomic E-state index is 13.0. The number of nitrogens with one attached hydrogen (secondary N) is 1. The second kappa shape index (κ2) is 7.90. The van der Waals surface area contributed by atoms with Crippen LogP contribution in [0.2, 0.25) is 0 Å². The highest BCUT2D eigenvalue weighted by molar-refractivity contribution is 5.94. The van der Waals surface area contributed by atoms with Gasteiger partial charge in [-0.2, -0.15) is 13.2 Å². The molecule has 0 saturated carbocycles. The van der Waals surface area contributed by atoms with Gasteiger partial charge in [-0.3, -0.25) is 14.2 Å². The Labute approximate surface area is 167 Å². The van der Waals surface area contributed by atoms with E-state index in [1.165, 1.54) is 25.1 Å². The topological polar surface area (TPSA) is 104 Å². The number of carbonyl (C=O) groups excluding carboxylic acids is 2. The number of halogens is 3. The lowest BCUT2D eigenvalue weighted by molar-refractivity contribution is -0.255. The first kappa shape index (κ1) is 20.9. The Kier molecular flexibility index (Phi) is 5.50. The standard InChI is InChI=1S/C20H15F3N2O5/c1-11-5-6-15(17(26)24-10-16-14(19(28)29)7-8-30-16)18(27)25(11)13-4-2-3-12(9-13)20(21,22)23/h2-9H,10H2,1H3,(H,24,26)(H,28,29)/p-1. The van der Waals surface area contributed by atoms with Crippen molar-refractivity contribution in [3.8, 4) is 5.69 Å². The van der Waals surface area contributed by atoms with Gasteiger partial charge in [0, 0.05) is 16.9 Å². The van der Waals surface area contributed by atoms with Crippen molar-refractivity contribution in [2.75, 3.05) is 0 Å². The lowest BCUT2D eigenvalue weighted by atomic mass is 10.1. The van der Waals surface area contributed by atoms with Crippen LogP contribution in [-0.4, -0.2) is 16.4 Å². The summed E-state index contributed by atoms with van der Waals surface area (Å²) in [6, 6.07) is 7.97. The van der Waals surface area contributed by atoms with Gasteiger partial charge in [0.1, 0.15) is 11.3 Å². The Morgan fingerprint density at radius 3 is 2.53 bits per heavy atom. The van der Waals surface area contributed by atoms with E-state index >= 15 is 0 Å². The van der Waals surface area contributed by atoms with E-state index in [1.807, 2.05) is 0 Å². The normalized spacial score (nSPS) is 11.3. The van der Waals surface area contributed by atoms with E-state index in [0.717, 1.165) is 35.1 Å². The molecule has 0 bridgehead atoms. The van der Waals surface area contributed by atoms with E-state index in [1.54, 1.807) is 0 Å². The average Bonchev–Trinajstić information content (AvgIpc) is 3.15. The SMILES string of the molecule is Cc1ccc(C(=O)NCc2occc2C(=O)[O-])c(=O)n1-c1cccc(C(F)(F)F)c1. The third kappa shape index (κ3) is 4.12. The number of aromatic nitrogens is 1. The zero-order valence-corrected chi connectivity index (χ0v) is 15.4. The molecule has 1 amide bonds. The molecule has 0 atom stereocenters. The van der Waals surface area contributed by atoms with Gasteiger partial charge >= 0.3 is 6.18 Å². The van der Waals surface area contributed by atoms with Gasteiger partial charge in [0.05, 0.1) is 24.3 Å². The molecular formula is C20H14F3N2O5-. The number of benzene rings is 1. The fourth-order valence-corrected chi connectivity index (χ4v) is 2.86. The predicted octanol–water partition coefficient (Wildman–Crippen LogP) is 2.05. The minimum absolute atomic E-state index is 0.0488. The Morgan fingerprint density at radius 1 is 1.13 bits per heavy atom. The summed E-state index contributed by atoms with van der Waals surface area (Å²) >= 11 is 0. The summed E-state index contributed by atoms with van der Waals surface area (Å²) in [5.41, 5.74) is -2.08. The van der Waals surface area contributed by atoms with Gasteiger partial charge in [0.2, 0.25) is 0 Å². The van der Waals surface area contributed by atoms with Crippen molar-refractivity contribution in [2.24, 2.45) is 0 Å².